The van der Waals surface area contributed by atoms with Gasteiger partial charge in [0, 0.05) is 6.26 Å². The Morgan fingerprint density at radius 2 is 2.00 bits per heavy atom. The van der Waals surface area contributed by atoms with E-state index in [4.69, 9.17) is 0 Å². The molecular formula is C10H12ClNO2S. The van der Waals surface area contributed by atoms with E-state index in [2.05, 4.69) is 4.99 Å². The van der Waals surface area contributed by atoms with Crippen molar-refractivity contribution in [3.05, 3.63) is 28.8 Å². The van der Waals surface area contributed by atoms with Crippen LogP contribution in [0.4, 0.5) is 0 Å². The molecule has 2 rings (SSSR count). The quantitative estimate of drug-likeness (QED) is 0.715. The number of sulfone groups is 1. The Kier molecular flexibility index (Phi) is 3.21. The zero-order valence-corrected chi connectivity index (χ0v) is 10.1. The molecule has 0 saturated carbocycles. The van der Waals surface area contributed by atoms with Crippen molar-refractivity contribution in [2.45, 2.75) is 17.9 Å². The minimum Gasteiger partial charge on any atom is -0.278 e. The summed E-state index contributed by atoms with van der Waals surface area (Å²) in [5.74, 6) is 0. The molecule has 0 saturated heterocycles. The van der Waals surface area contributed by atoms with Gasteiger partial charge in [0.25, 0.3) is 0 Å². The Labute approximate surface area is 94.9 Å². The molecule has 3 nitrogen and oxygen atoms in total. The summed E-state index contributed by atoms with van der Waals surface area (Å²) in [6.07, 6.45) is 3.17. The molecule has 0 N–H and O–H groups in total. The van der Waals surface area contributed by atoms with Crippen LogP contribution in [0.25, 0.3) is 6.08 Å². The van der Waals surface area contributed by atoms with E-state index in [1.807, 2.05) is 13.0 Å². The topological polar surface area (TPSA) is 46.5 Å². The van der Waals surface area contributed by atoms with Gasteiger partial charge < -0.3 is 0 Å². The SMILES string of the molecule is CC1C=c2cc(S(C)(=O)=O)ccc2=N1.Cl. The molecule has 0 bridgehead atoms. The van der Waals surface area contributed by atoms with Crippen molar-refractivity contribution in [3.8, 4) is 0 Å². The van der Waals surface area contributed by atoms with Gasteiger partial charge in [0.15, 0.2) is 9.84 Å². The van der Waals surface area contributed by atoms with Crippen LogP contribution in [0.15, 0.2) is 28.1 Å². The van der Waals surface area contributed by atoms with Crippen molar-refractivity contribution < 1.29 is 8.42 Å². The van der Waals surface area contributed by atoms with Gasteiger partial charge in [-0.15, -0.1) is 12.4 Å². The fourth-order valence-electron chi connectivity index (χ4n) is 1.53. The van der Waals surface area contributed by atoms with Crippen molar-refractivity contribution in [3.63, 3.8) is 0 Å². The first kappa shape index (κ1) is 12.2. The highest BCUT2D eigenvalue weighted by Gasteiger charge is 2.09. The molecule has 1 atom stereocenters. The van der Waals surface area contributed by atoms with Crippen molar-refractivity contribution >= 4 is 28.3 Å². The third kappa shape index (κ3) is 2.38. The van der Waals surface area contributed by atoms with E-state index >= 15 is 0 Å². The molecule has 5 heteroatoms. The van der Waals surface area contributed by atoms with E-state index in [1.165, 1.54) is 6.26 Å². The zero-order valence-electron chi connectivity index (χ0n) is 8.47. The molecule has 1 unspecified atom stereocenters. The van der Waals surface area contributed by atoms with Crippen LogP contribution in [0.1, 0.15) is 6.92 Å². The normalized spacial score (nSPS) is 18.4. The lowest BCUT2D eigenvalue weighted by Crippen LogP contribution is -2.22. The van der Waals surface area contributed by atoms with Crippen molar-refractivity contribution in [2.24, 2.45) is 4.99 Å². The van der Waals surface area contributed by atoms with Gasteiger partial charge in [-0.05, 0) is 30.3 Å². The molecular weight excluding hydrogens is 234 g/mol. The Hall–Kier alpha value is -0.870. The molecule has 1 aliphatic heterocycles. The van der Waals surface area contributed by atoms with E-state index in [9.17, 15) is 8.42 Å². The van der Waals surface area contributed by atoms with E-state index in [1.54, 1.807) is 18.2 Å². The number of fused-ring (bicyclic) bond motifs is 1. The summed E-state index contributed by atoms with van der Waals surface area (Å²) < 4.78 is 22.5. The van der Waals surface area contributed by atoms with Crippen LogP contribution in [0.2, 0.25) is 0 Å². The van der Waals surface area contributed by atoms with Gasteiger partial charge in [-0.1, -0.05) is 6.08 Å². The van der Waals surface area contributed by atoms with Gasteiger partial charge in [0.1, 0.15) is 0 Å². The van der Waals surface area contributed by atoms with E-state index in [0.29, 0.717) is 4.90 Å². The van der Waals surface area contributed by atoms with Gasteiger partial charge in [0.2, 0.25) is 0 Å². The first-order valence-electron chi connectivity index (χ1n) is 4.36. The molecule has 0 radical (unpaired) electrons. The summed E-state index contributed by atoms with van der Waals surface area (Å²) in [5.41, 5.74) is 0. The molecule has 82 valence electrons. The lowest BCUT2D eigenvalue weighted by Gasteiger charge is -1.95. The fraction of sp³-hybridized carbons (Fsp3) is 0.300. The largest absolute Gasteiger partial charge is 0.278 e. The lowest BCUT2D eigenvalue weighted by atomic mass is 10.2. The second-order valence-electron chi connectivity index (χ2n) is 3.53. The summed E-state index contributed by atoms with van der Waals surface area (Å²) in [6, 6.07) is 5.19. The minimum atomic E-state index is -3.10. The molecule has 15 heavy (non-hydrogen) atoms. The zero-order chi connectivity index (χ0) is 10.3. The van der Waals surface area contributed by atoms with Crippen LogP contribution in [0.5, 0.6) is 0 Å². The highest BCUT2D eigenvalue weighted by Crippen LogP contribution is 2.04. The Bertz CT molecular complexity index is 592. The average molecular weight is 246 g/mol. The summed E-state index contributed by atoms with van der Waals surface area (Å²) >= 11 is 0. The lowest BCUT2D eigenvalue weighted by molar-refractivity contribution is 0.602. The molecule has 0 aliphatic carbocycles. The molecule has 0 spiro atoms. The summed E-state index contributed by atoms with van der Waals surface area (Å²) in [5, 5.41) is 1.80. The van der Waals surface area contributed by atoms with Gasteiger partial charge in [-0.25, -0.2) is 8.42 Å². The van der Waals surface area contributed by atoms with Crippen molar-refractivity contribution in [1.82, 2.24) is 0 Å². The van der Waals surface area contributed by atoms with Gasteiger partial charge in [-0.3, -0.25) is 4.99 Å². The smallest absolute Gasteiger partial charge is 0.175 e. The first-order valence-corrected chi connectivity index (χ1v) is 6.26. The Balaban J connectivity index is 0.00000112. The number of hydrogen-bond acceptors (Lipinski definition) is 3. The van der Waals surface area contributed by atoms with Crippen LogP contribution in [0, 0.1) is 0 Å². The first-order chi connectivity index (χ1) is 6.47. The van der Waals surface area contributed by atoms with Crippen LogP contribution < -0.4 is 10.6 Å². The minimum absolute atomic E-state index is 0. The monoisotopic (exact) mass is 245 g/mol. The highest BCUT2D eigenvalue weighted by molar-refractivity contribution is 7.90. The Morgan fingerprint density at radius 1 is 1.33 bits per heavy atom. The molecule has 1 heterocycles. The predicted molar refractivity (Wildman–Crippen MR) is 61.5 cm³/mol. The number of halogens is 1. The van der Waals surface area contributed by atoms with E-state index < -0.39 is 9.84 Å². The maximum absolute atomic E-state index is 11.3. The Morgan fingerprint density at radius 3 is 2.60 bits per heavy atom. The second kappa shape index (κ2) is 3.94. The number of nitrogens with zero attached hydrogens (tertiary/aromatic N) is 1. The average Bonchev–Trinajstić information content (AvgIpc) is 2.41. The predicted octanol–water partition coefficient (Wildman–Crippen LogP) is 0.314. The van der Waals surface area contributed by atoms with Crippen LogP contribution in [-0.4, -0.2) is 20.7 Å². The number of hydrogen-bond donors (Lipinski definition) is 0. The van der Waals surface area contributed by atoms with Gasteiger partial charge in [-0.2, -0.15) is 0 Å². The standard InChI is InChI=1S/C10H11NO2S.ClH/c1-7-5-8-6-9(14(2,12)13)3-4-10(8)11-7;/h3-7H,1-2H3;1H. The van der Waals surface area contributed by atoms with E-state index in [0.717, 1.165) is 10.6 Å². The van der Waals surface area contributed by atoms with Crippen LogP contribution >= 0.6 is 12.4 Å². The molecule has 1 aromatic rings. The van der Waals surface area contributed by atoms with Crippen LogP contribution in [0.3, 0.4) is 0 Å². The third-order valence-electron chi connectivity index (χ3n) is 2.19. The molecule has 0 fully saturated rings. The number of rotatable bonds is 1. The highest BCUT2D eigenvalue weighted by atomic mass is 35.5. The number of benzene rings is 1. The summed E-state index contributed by atoms with van der Waals surface area (Å²) in [7, 11) is -3.10. The maximum atomic E-state index is 11.3. The molecule has 0 amide bonds. The van der Waals surface area contributed by atoms with Crippen molar-refractivity contribution in [1.29, 1.82) is 0 Å². The third-order valence-corrected chi connectivity index (χ3v) is 3.30. The molecule has 1 aromatic carbocycles. The maximum Gasteiger partial charge on any atom is 0.175 e. The molecule has 1 aliphatic rings. The van der Waals surface area contributed by atoms with Crippen LogP contribution in [-0.2, 0) is 9.84 Å². The van der Waals surface area contributed by atoms with E-state index in [-0.39, 0.29) is 18.4 Å². The summed E-state index contributed by atoms with van der Waals surface area (Å²) in [4.78, 5) is 4.68. The fourth-order valence-corrected chi connectivity index (χ4v) is 2.19. The van der Waals surface area contributed by atoms with Gasteiger partial charge >= 0.3 is 0 Å². The molecule has 0 aromatic heterocycles. The van der Waals surface area contributed by atoms with Gasteiger partial charge in [0.05, 0.1) is 16.3 Å². The second-order valence-corrected chi connectivity index (χ2v) is 5.54. The summed E-state index contributed by atoms with van der Waals surface area (Å²) in [6.45, 7) is 1.97. The van der Waals surface area contributed by atoms with Crippen molar-refractivity contribution in [2.75, 3.05) is 6.26 Å².